The first-order chi connectivity index (χ1) is 11.2. The summed E-state index contributed by atoms with van der Waals surface area (Å²) in [7, 11) is 1.93. The van der Waals surface area contributed by atoms with Crippen LogP contribution in [0.2, 0.25) is 0 Å². The molecule has 1 saturated carbocycles. The monoisotopic (exact) mass is 315 g/mol. The first-order valence-electron chi connectivity index (χ1n) is 9.05. The smallest absolute Gasteiger partial charge is 0.223 e. The maximum atomic E-state index is 12.5. The summed E-state index contributed by atoms with van der Waals surface area (Å²) in [5.41, 5.74) is 7.87. The number of amides is 1. The Labute approximate surface area is 139 Å². The van der Waals surface area contributed by atoms with Crippen molar-refractivity contribution in [2.45, 2.75) is 63.6 Å². The van der Waals surface area contributed by atoms with Gasteiger partial charge in [-0.25, -0.2) is 10.9 Å². The Balaban J connectivity index is 1.46. The van der Waals surface area contributed by atoms with Crippen LogP contribution in [0, 0.1) is 5.92 Å². The number of nitrogens with zero attached hydrogens (tertiary/aromatic N) is 1. The largest absolute Gasteiger partial charge is 0.329 e. The second kappa shape index (κ2) is 7.93. The van der Waals surface area contributed by atoms with Crippen LogP contribution < -0.4 is 10.9 Å². The van der Waals surface area contributed by atoms with Gasteiger partial charge < -0.3 is 4.90 Å². The lowest BCUT2D eigenvalue weighted by molar-refractivity contribution is -0.132. The first kappa shape index (κ1) is 16.5. The molecule has 1 aromatic rings. The zero-order chi connectivity index (χ0) is 16.1. The fourth-order valence-corrected chi connectivity index (χ4v) is 3.85. The van der Waals surface area contributed by atoms with Crippen molar-refractivity contribution in [1.82, 2.24) is 15.8 Å². The van der Waals surface area contributed by atoms with Crippen LogP contribution in [0.3, 0.4) is 0 Å². The Morgan fingerprint density at radius 3 is 2.61 bits per heavy atom. The van der Waals surface area contributed by atoms with Crippen molar-refractivity contribution in [3.05, 3.63) is 35.9 Å². The van der Waals surface area contributed by atoms with Crippen LogP contribution in [-0.2, 0) is 4.79 Å². The average molecular weight is 315 g/mol. The van der Waals surface area contributed by atoms with E-state index in [2.05, 4.69) is 35.1 Å². The van der Waals surface area contributed by atoms with E-state index in [4.69, 9.17) is 0 Å². The minimum Gasteiger partial charge on any atom is -0.329 e. The van der Waals surface area contributed by atoms with Gasteiger partial charge in [-0.2, -0.15) is 0 Å². The van der Waals surface area contributed by atoms with E-state index >= 15 is 0 Å². The van der Waals surface area contributed by atoms with Gasteiger partial charge in [0.25, 0.3) is 0 Å². The molecule has 2 aliphatic rings. The molecule has 3 rings (SSSR count). The molecule has 1 saturated heterocycles. The van der Waals surface area contributed by atoms with E-state index in [0.29, 0.717) is 6.42 Å². The summed E-state index contributed by atoms with van der Waals surface area (Å²) in [5, 5.41) is 0. The molecule has 23 heavy (non-hydrogen) atoms. The van der Waals surface area contributed by atoms with Gasteiger partial charge in [0.2, 0.25) is 5.91 Å². The molecule has 2 fully saturated rings. The van der Waals surface area contributed by atoms with E-state index in [0.717, 1.165) is 18.8 Å². The van der Waals surface area contributed by atoms with Gasteiger partial charge in [0.05, 0.1) is 6.17 Å². The summed E-state index contributed by atoms with van der Waals surface area (Å²) in [4.78, 5) is 14.4. The van der Waals surface area contributed by atoms with Crippen LogP contribution in [0.5, 0.6) is 0 Å². The number of carbonyl (C=O) groups is 1. The SMILES string of the molecule is CN(C(=O)CCC1CCCCC1)C1CC(c2ccccc2)NN1. The van der Waals surface area contributed by atoms with E-state index < -0.39 is 0 Å². The Kier molecular flexibility index (Phi) is 5.68. The van der Waals surface area contributed by atoms with Crippen molar-refractivity contribution in [1.29, 1.82) is 0 Å². The molecule has 1 aliphatic carbocycles. The number of hydrazine groups is 1. The summed E-state index contributed by atoms with van der Waals surface area (Å²) in [6.45, 7) is 0. The van der Waals surface area contributed by atoms with Crippen molar-refractivity contribution in [2.24, 2.45) is 5.92 Å². The molecule has 0 aromatic heterocycles. The molecule has 1 heterocycles. The molecule has 1 aliphatic heterocycles. The summed E-state index contributed by atoms with van der Waals surface area (Å²) in [5.74, 6) is 1.04. The molecule has 0 spiro atoms. The summed E-state index contributed by atoms with van der Waals surface area (Å²) in [6.07, 6.45) is 9.45. The highest BCUT2D eigenvalue weighted by Crippen LogP contribution is 2.28. The number of carbonyl (C=O) groups excluding carboxylic acids is 1. The molecule has 1 aromatic carbocycles. The molecule has 126 valence electrons. The third kappa shape index (κ3) is 4.33. The normalized spacial score (nSPS) is 25.4. The van der Waals surface area contributed by atoms with Crippen molar-refractivity contribution < 1.29 is 4.79 Å². The zero-order valence-corrected chi connectivity index (χ0v) is 14.1. The maximum Gasteiger partial charge on any atom is 0.223 e. The number of nitrogens with one attached hydrogen (secondary N) is 2. The molecule has 4 nitrogen and oxygen atoms in total. The van der Waals surface area contributed by atoms with E-state index in [1.165, 1.54) is 37.7 Å². The standard InChI is InChI=1S/C19H29N3O/c1-22(19(23)13-12-15-8-4-2-5-9-15)18-14-17(20-21-18)16-10-6-3-7-11-16/h3,6-7,10-11,15,17-18,20-21H,2,4-5,8-9,12-14H2,1H3. The van der Waals surface area contributed by atoms with Gasteiger partial charge >= 0.3 is 0 Å². The minimum absolute atomic E-state index is 0.0825. The quantitative estimate of drug-likeness (QED) is 0.875. The van der Waals surface area contributed by atoms with E-state index in [1.54, 1.807) is 0 Å². The van der Waals surface area contributed by atoms with Crippen LogP contribution in [0.15, 0.2) is 30.3 Å². The van der Waals surface area contributed by atoms with Crippen LogP contribution in [0.25, 0.3) is 0 Å². The summed E-state index contributed by atoms with van der Waals surface area (Å²) < 4.78 is 0. The molecule has 1 amide bonds. The molecule has 2 N–H and O–H groups in total. The van der Waals surface area contributed by atoms with Gasteiger partial charge in [0.1, 0.15) is 0 Å². The van der Waals surface area contributed by atoms with Crippen molar-refractivity contribution >= 4 is 5.91 Å². The molecule has 0 radical (unpaired) electrons. The number of benzene rings is 1. The Morgan fingerprint density at radius 1 is 1.13 bits per heavy atom. The lowest BCUT2D eigenvalue weighted by atomic mass is 9.86. The first-order valence-corrected chi connectivity index (χ1v) is 9.05. The van der Waals surface area contributed by atoms with Crippen LogP contribution in [-0.4, -0.2) is 24.0 Å². The van der Waals surface area contributed by atoms with Gasteiger partial charge in [-0.05, 0) is 17.9 Å². The predicted molar refractivity (Wildman–Crippen MR) is 92.4 cm³/mol. The Bertz CT molecular complexity index is 499. The van der Waals surface area contributed by atoms with Gasteiger partial charge in [-0.3, -0.25) is 4.79 Å². The van der Waals surface area contributed by atoms with Gasteiger partial charge in [0, 0.05) is 25.9 Å². The number of rotatable bonds is 5. The fraction of sp³-hybridized carbons (Fsp3) is 0.632. The van der Waals surface area contributed by atoms with Gasteiger partial charge in [-0.15, -0.1) is 0 Å². The summed E-state index contributed by atoms with van der Waals surface area (Å²) in [6, 6.07) is 10.7. The average Bonchev–Trinajstić information content (AvgIpc) is 3.11. The maximum absolute atomic E-state index is 12.5. The second-order valence-corrected chi connectivity index (χ2v) is 7.05. The highest BCUT2D eigenvalue weighted by Gasteiger charge is 2.30. The van der Waals surface area contributed by atoms with Crippen LogP contribution in [0.1, 0.15) is 63.0 Å². The van der Waals surface area contributed by atoms with Crippen LogP contribution in [0.4, 0.5) is 0 Å². The van der Waals surface area contributed by atoms with E-state index in [9.17, 15) is 4.79 Å². The molecule has 0 bridgehead atoms. The molecule has 2 unspecified atom stereocenters. The second-order valence-electron chi connectivity index (χ2n) is 7.05. The van der Waals surface area contributed by atoms with Crippen molar-refractivity contribution in [3.63, 3.8) is 0 Å². The predicted octanol–water partition coefficient (Wildman–Crippen LogP) is 3.37. The lowest BCUT2D eigenvalue weighted by Crippen LogP contribution is -2.45. The molecular weight excluding hydrogens is 286 g/mol. The fourth-order valence-electron chi connectivity index (χ4n) is 3.85. The Morgan fingerprint density at radius 2 is 1.87 bits per heavy atom. The van der Waals surface area contributed by atoms with Gasteiger partial charge in [0.15, 0.2) is 0 Å². The number of hydrogen-bond acceptors (Lipinski definition) is 3. The topological polar surface area (TPSA) is 44.4 Å². The van der Waals surface area contributed by atoms with Crippen LogP contribution >= 0.6 is 0 Å². The third-order valence-electron chi connectivity index (χ3n) is 5.44. The van der Waals surface area contributed by atoms with E-state index in [1.807, 2.05) is 18.0 Å². The number of hydrogen-bond donors (Lipinski definition) is 2. The van der Waals surface area contributed by atoms with E-state index in [-0.39, 0.29) is 18.1 Å². The lowest BCUT2D eigenvalue weighted by Gasteiger charge is -2.26. The highest BCUT2D eigenvalue weighted by molar-refractivity contribution is 5.76. The van der Waals surface area contributed by atoms with Crippen molar-refractivity contribution in [3.8, 4) is 0 Å². The third-order valence-corrected chi connectivity index (χ3v) is 5.44. The highest BCUT2D eigenvalue weighted by atomic mass is 16.2. The van der Waals surface area contributed by atoms with Gasteiger partial charge in [-0.1, -0.05) is 62.4 Å². The zero-order valence-electron chi connectivity index (χ0n) is 14.1. The molecular formula is C19H29N3O. The Hall–Kier alpha value is -1.39. The van der Waals surface area contributed by atoms with Crippen molar-refractivity contribution in [2.75, 3.05) is 7.05 Å². The molecule has 4 heteroatoms. The molecule has 2 atom stereocenters. The summed E-state index contributed by atoms with van der Waals surface area (Å²) >= 11 is 0. The minimum atomic E-state index is 0.0825.